The molecular formula is C16H22N2O3. The molecule has 1 N–H and O–H groups in total. The lowest BCUT2D eigenvalue weighted by molar-refractivity contribution is -0.120. The molecule has 2 amide bonds. The average molecular weight is 290 g/mol. The van der Waals surface area contributed by atoms with Gasteiger partial charge in [0.05, 0.1) is 12.3 Å². The van der Waals surface area contributed by atoms with Crippen LogP contribution in [0.3, 0.4) is 0 Å². The molecule has 0 unspecified atom stereocenters. The Hall–Kier alpha value is -2.30. The molecule has 0 spiro atoms. The molecule has 0 saturated carbocycles. The van der Waals surface area contributed by atoms with Gasteiger partial charge in [0, 0.05) is 26.4 Å². The number of carbonyl (C=O) groups excluding carboxylic acids is 2. The third kappa shape index (κ3) is 5.30. The van der Waals surface area contributed by atoms with Crippen LogP contribution >= 0.6 is 0 Å². The molecule has 0 saturated heterocycles. The summed E-state index contributed by atoms with van der Waals surface area (Å²) in [5, 5.41) is 2.69. The van der Waals surface area contributed by atoms with Crippen molar-refractivity contribution >= 4 is 17.5 Å². The van der Waals surface area contributed by atoms with Crippen molar-refractivity contribution in [1.29, 1.82) is 0 Å². The Bertz CT molecular complexity index is 500. The van der Waals surface area contributed by atoms with Crippen LogP contribution in [0.2, 0.25) is 0 Å². The van der Waals surface area contributed by atoms with Crippen LogP contribution in [-0.2, 0) is 9.59 Å². The molecule has 1 aromatic rings. The van der Waals surface area contributed by atoms with Crippen LogP contribution in [0.1, 0.15) is 20.3 Å². The summed E-state index contributed by atoms with van der Waals surface area (Å²) in [4.78, 5) is 25.0. The molecule has 0 aliphatic rings. The van der Waals surface area contributed by atoms with Gasteiger partial charge in [0.1, 0.15) is 5.75 Å². The van der Waals surface area contributed by atoms with Crippen molar-refractivity contribution in [2.24, 2.45) is 0 Å². The first kappa shape index (κ1) is 16.8. The summed E-state index contributed by atoms with van der Waals surface area (Å²) < 4.78 is 5.53. The molecule has 5 nitrogen and oxygen atoms in total. The van der Waals surface area contributed by atoms with Crippen molar-refractivity contribution in [3.8, 4) is 5.75 Å². The second-order valence-electron chi connectivity index (χ2n) is 4.41. The fourth-order valence-electron chi connectivity index (χ4n) is 1.89. The Balaban J connectivity index is 2.80. The lowest BCUT2D eigenvalue weighted by Gasteiger charge is -2.23. The quantitative estimate of drug-likeness (QED) is 0.746. The number of para-hydroxylation sites is 2. The van der Waals surface area contributed by atoms with Crippen molar-refractivity contribution < 1.29 is 14.3 Å². The van der Waals surface area contributed by atoms with E-state index in [-0.39, 0.29) is 18.2 Å². The largest absolute Gasteiger partial charge is 0.492 e. The number of anilines is 1. The molecule has 0 bridgehead atoms. The van der Waals surface area contributed by atoms with Crippen LogP contribution in [0, 0.1) is 0 Å². The van der Waals surface area contributed by atoms with E-state index in [0.717, 1.165) is 0 Å². The second-order valence-corrected chi connectivity index (χ2v) is 4.41. The molecule has 114 valence electrons. The Kier molecular flexibility index (Phi) is 7.01. The highest BCUT2D eigenvalue weighted by molar-refractivity contribution is 5.93. The lowest BCUT2D eigenvalue weighted by atomic mass is 10.2. The Morgan fingerprint density at radius 3 is 2.71 bits per heavy atom. The van der Waals surface area contributed by atoms with E-state index in [4.69, 9.17) is 4.74 Å². The summed E-state index contributed by atoms with van der Waals surface area (Å²) in [7, 11) is 0. The summed E-state index contributed by atoms with van der Waals surface area (Å²) in [6.45, 7) is 8.15. The van der Waals surface area contributed by atoms with Crippen molar-refractivity contribution in [1.82, 2.24) is 5.32 Å². The van der Waals surface area contributed by atoms with Gasteiger partial charge in [-0.25, -0.2) is 0 Å². The Morgan fingerprint density at radius 2 is 2.10 bits per heavy atom. The molecule has 1 rings (SSSR count). The van der Waals surface area contributed by atoms with E-state index >= 15 is 0 Å². The van der Waals surface area contributed by atoms with Gasteiger partial charge in [0.2, 0.25) is 11.8 Å². The fraction of sp³-hybridized carbons (Fsp3) is 0.375. The zero-order chi connectivity index (χ0) is 15.7. The minimum atomic E-state index is -0.126. The lowest BCUT2D eigenvalue weighted by Crippen LogP contribution is -2.34. The van der Waals surface area contributed by atoms with Gasteiger partial charge in [-0.2, -0.15) is 0 Å². The number of nitrogens with zero attached hydrogens (tertiary/aromatic N) is 1. The van der Waals surface area contributed by atoms with E-state index in [0.29, 0.717) is 31.1 Å². The van der Waals surface area contributed by atoms with Crippen LogP contribution in [0.5, 0.6) is 5.75 Å². The topological polar surface area (TPSA) is 58.6 Å². The number of benzene rings is 1. The first-order valence-corrected chi connectivity index (χ1v) is 6.97. The van der Waals surface area contributed by atoms with Gasteiger partial charge in [0.15, 0.2) is 0 Å². The molecule has 0 aliphatic heterocycles. The number of amides is 2. The van der Waals surface area contributed by atoms with Crippen molar-refractivity contribution in [2.45, 2.75) is 20.3 Å². The maximum atomic E-state index is 11.8. The average Bonchev–Trinajstić information content (AvgIpc) is 2.47. The molecule has 0 aromatic heterocycles. The number of rotatable bonds is 8. The zero-order valence-electron chi connectivity index (χ0n) is 12.6. The monoisotopic (exact) mass is 290 g/mol. The standard InChI is InChI=1S/C16H22N2O3/c1-4-11-17-16(20)10-12-18(13(3)19)14-8-6-7-9-15(14)21-5-2/h4,6-9H,1,5,10-12H2,2-3H3,(H,17,20). The van der Waals surface area contributed by atoms with Crippen LogP contribution in [0.4, 0.5) is 5.69 Å². The van der Waals surface area contributed by atoms with Crippen molar-refractivity contribution in [2.75, 3.05) is 24.6 Å². The van der Waals surface area contributed by atoms with Gasteiger partial charge in [-0.1, -0.05) is 18.2 Å². The molecule has 0 radical (unpaired) electrons. The molecule has 0 fully saturated rings. The summed E-state index contributed by atoms with van der Waals surface area (Å²) in [5.74, 6) is 0.399. The summed E-state index contributed by atoms with van der Waals surface area (Å²) in [6.07, 6.45) is 1.85. The first-order valence-electron chi connectivity index (χ1n) is 6.97. The minimum Gasteiger partial charge on any atom is -0.492 e. The maximum Gasteiger partial charge on any atom is 0.223 e. The number of carbonyl (C=O) groups is 2. The van der Waals surface area contributed by atoms with Gasteiger partial charge in [-0.05, 0) is 19.1 Å². The molecule has 0 heterocycles. The number of nitrogens with one attached hydrogen (secondary N) is 1. The molecule has 0 aliphatic carbocycles. The van der Waals surface area contributed by atoms with E-state index in [1.165, 1.54) is 6.92 Å². The fourth-order valence-corrected chi connectivity index (χ4v) is 1.89. The zero-order valence-corrected chi connectivity index (χ0v) is 12.6. The van der Waals surface area contributed by atoms with Crippen LogP contribution in [-0.4, -0.2) is 31.5 Å². The summed E-state index contributed by atoms with van der Waals surface area (Å²) in [6, 6.07) is 7.32. The highest BCUT2D eigenvalue weighted by Crippen LogP contribution is 2.28. The predicted molar refractivity (Wildman–Crippen MR) is 83.5 cm³/mol. The van der Waals surface area contributed by atoms with E-state index in [1.807, 2.05) is 31.2 Å². The van der Waals surface area contributed by atoms with E-state index in [2.05, 4.69) is 11.9 Å². The summed E-state index contributed by atoms with van der Waals surface area (Å²) >= 11 is 0. The molecule has 0 atom stereocenters. The molecule has 5 heteroatoms. The first-order chi connectivity index (χ1) is 10.1. The SMILES string of the molecule is C=CCNC(=O)CCN(C(C)=O)c1ccccc1OCC. The number of hydrogen-bond donors (Lipinski definition) is 1. The Morgan fingerprint density at radius 1 is 1.38 bits per heavy atom. The van der Waals surface area contributed by atoms with E-state index in [9.17, 15) is 9.59 Å². The van der Waals surface area contributed by atoms with Gasteiger partial charge in [-0.15, -0.1) is 6.58 Å². The third-order valence-electron chi connectivity index (χ3n) is 2.84. The summed E-state index contributed by atoms with van der Waals surface area (Å²) in [5.41, 5.74) is 0.684. The number of ether oxygens (including phenoxy) is 1. The second kappa shape index (κ2) is 8.79. The maximum absolute atomic E-state index is 11.8. The van der Waals surface area contributed by atoms with Gasteiger partial charge in [0.25, 0.3) is 0 Å². The molecule has 21 heavy (non-hydrogen) atoms. The highest BCUT2D eigenvalue weighted by atomic mass is 16.5. The smallest absolute Gasteiger partial charge is 0.223 e. The van der Waals surface area contributed by atoms with Gasteiger partial charge in [-0.3, -0.25) is 9.59 Å². The molecule has 1 aromatic carbocycles. The van der Waals surface area contributed by atoms with Crippen molar-refractivity contribution in [3.63, 3.8) is 0 Å². The third-order valence-corrected chi connectivity index (χ3v) is 2.84. The van der Waals surface area contributed by atoms with E-state index < -0.39 is 0 Å². The van der Waals surface area contributed by atoms with Gasteiger partial charge >= 0.3 is 0 Å². The molecular weight excluding hydrogens is 268 g/mol. The van der Waals surface area contributed by atoms with Gasteiger partial charge < -0.3 is 15.0 Å². The minimum absolute atomic E-state index is 0.116. The highest BCUT2D eigenvalue weighted by Gasteiger charge is 2.17. The van der Waals surface area contributed by atoms with Crippen molar-refractivity contribution in [3.05, 3.63) is 36.9 Å². The van der Waals surface area contributed by atoms with Crippen LogP contribution in [0.25, 0.3) is 0 Å². The predicted octanol–water partition coefficient (Wildman–Crippen LogP) is 2.13. The Labute approximate surface area is 125 Å². The normalized spacial score (nSPS) is 9.81. The van der Waals surface area contributed by atoms with E-state index in [1.54, 1.807) is 11.0 Å². The van der Waals surface area contributed by atoms with Crippen LogP contribution in [0.15, 0.2) is 36.9 Å². The van der Waals surface area contributed by atoms with Crippen LogP contribution < -0.4 is 15.0 Å². The number of hydrogen-bond acceptors (Lipinski definition) is 3.